The number of alkyl halides is 3. The van der Waals surface area contributed by atoms with Crippen LogP contribution in [0.5, 0.6) is 0 Å². The average molecular weight is 402 g/mol. The minimum Gasteiger partial charge on any atom is -0.315 e. The van der Waals surface area contributed by atoms with Crippen molar-refractivity contribution in [3.63, 3.8) is 0 Å². The lowest BCUT2D eigenvalue weighted by molar-refractivity contribution is -0.384. The third-order valence-electron chi connectivity index (χ3n) is 3.91. The van der Waals surface area contributed by atoms with E-state index in [0.717, 1.165) is 18.2 Å². The highest BCUT2D eigenvalue weighted by molar-refractivity contribution is 5.95. The highest BCUT2D eigenvalue weighted by Gasteiger charge is 2.30. The van der Waals surface area contributed by atoms with E-state index in [2.05, 4.69) is 10.5 Å². The number of nitro groups is 1. The van der Waals surface area contributed by atoms with Gasteiger partial charge in [-0.1, -0.05) is 12.1 Å². The standard InChI is InChI=1S/C19H13F3N4O3/c20-19(21,22)14-5-1-4-13(10-14)18(27)24-23-12-17-8-3-9-25(17)15-6-2-7-16(11-15)26(28)29/h1-12H,(H,24,27). The van der Waals surface area contributed by atoms with Crippen LogP contribution in [-0.2, 0) is 6.18 Å². The molecule has 2 aromatic carbocycles. The van der Waals surface area contributed by atoms with Crippen molar-refractivity contribution in [3.8, 4) is 5.69 Å². The summed E-state index contributed by atoms with van der Waals surface area (Å²) in [5.41, 5.74) is 1.96. The van der Waals surface area contributed by atoms with Crippen molar-refractivity contribution >= 4 is 17.8 Å². The summed E-state index contributed by atoms with van der Waals surface area (Å²) in [6, 6.07) is 13.2. The van der Waals surface area contributed by atoms with Crippen molar-refractivity contribution in [3.05, 3.63) is 93.8 Å². The summed E-state index contributed by atoms with van der Waals surface area (Å²) < 4.78 is 39.8. The van der Waals surface area contributed by atoms with Gasteiger partial charge in [0.15, 0.2) is 0 Å². The van der Waals surface area contributed by atoms with Crippen molar-refractivity contribution in [2.75, 3.05) is 0 Å². The Hall–Kier alpha value is -3.95. The van der Waals surface area contributed by atoms with Gasteiger partial charge in [-0.15, -0.1) is 0 Å². The van der Waals surface area contributed by atoms with Crippen LogP contribution in [0.4, 0.5) is 18.9 Å². The smallest absolute Gasteiger partial charge is 0.315 e. The number of nitrogens with one attached hydrogen (secondary N) is 1. The molecule has 7 nitrogen and oxygen atoms in total. The molecule has 1 amide bonds. The second kappa shape index (κ2) is 7.97. The lowest BCUT2D eigenvalue weighted by atomic mass is 10.1. The van der Waals surface area contributed by atoms with Gasteiger partial charge in [-0.2, -0.15) is 18.3 Å². The van der Waals surface area contributed by atoms with E-state index in [4.69, 9.17) is 0 Å². The van der Waals surface area contributed by atoms with Crippen LogP contribution < -0.4 is 5.43 Å². The number of halogens is 3. The number of aromatic nitrogens is 1. The van der Waals surface area contributed by atoms with Crippen LogP contribution in [0.2, 0.25) is 0 Å². The average Bonchev–Trinajstić information content (AvgIpc) is 3.16. The minimum absolute atomic E-state index is 0.0862. The van der Waals surface area contributed by atoms with Crippen molar-refractivity contribution < 1.29 is 22.9 Å². The summed E-state index contributed by atoms with van der Waals surface area (Å²) in [5, 5.41) is 14.7. The van der Waals surface area contributed by atoms with Crippen LogP contribution in [-0.4, -0.2) is 21.6 Å². The SMILES string of the molecule is O=C(NN=Cc1cccn1-c1cccc([N+](=O)[O-])c1)c1cccc(C(F)(F)F)c1. The van der Waals surface area contributed by atoms with E-state index in [0.29, 0.717) is 11.4 Å². The van der Waals surface area contributed by atoms with E-state index in [1.165, 1.54) is 30.5 Å². The number of hydrogen-bond acceptors (Lipinski definition) is 4. The first-order valence-corrected chi connectivity index (χ1v) is 8.18. The first-order chi connectivity index (χ1) is 13.8. The molecule has 0 aliphatic heterocycles. The summed E-state index contributed by atoms with van der Waals surface area (Å²) in [6.45, 7) is 0. The van der Waals surface area contributed by atoms with Crippen LogP contribution >= 0.6 is 0 Å². The quantitative estimate of drug-likeness (QED) is 0.395. The predicted octanol–water partition coefficient (Wildman–Crippen LogP) is 4.17. The van der Waals surface area contributed by atoms with Crippen molar-refractivity contribution in [1.82, 2.24) is 9.99 Å². The third kappa shape index (κ3) is 4.67. The molecular weight excluding hydrogens is 389 g/mol. The molecule has 29 heavy (non-hydrogen) atoms. The highest BCUT2D eigenvalue weighted by atomic mass is 19.4. The normalized spacial score (nSPS) is 11.6. The fourth-order valence-electron chi connectivity index (χ4n) is 2.55. The number of benzene rings is 2. The van der Waals surface area contributed by atoms with Crippen LogP contribution in [0.15, 0.2) is 72.0 Å². The molecule has 148 valence electrons. The summed E-state index contributed by atoms with van der Waals surface area (Å²) in [5.74, 6) is -0.805. The predicted molar refractivity (Wildman–Crippen MR) is 98.9 cm³/mol. The lowest BCUT2D eigenvalue weighted by Gasteiger charge is -2.08. The highest BCUT2D eigenvalue weighted by Crippen LogP contribution is 2.29. The van der Waals surface area contributed by atoms with Crippen molar-refractivity contribution in [2.24, 2.45) is 5.10 Å². The largest absolute Gasteiger partial charge is 0.416 e. The molecule has 0 bridgehead atoms. The fraction of sp³-hybridized carbons (Fsp3) is 0.0526. The van der Waals surface area contributed by atoms with Gasteiger partial charge in [0.05, 0.1) is 28.1 Å². The number of hydrogen-bond donors (Lipinski definition) is 1. The number of nitrogens with zero attached hydrogens (tertiary/aromatic N) is 3. The van der Waals surface area contributed by atoms with Gasteiger partial charge in [-0.25, -0.2) is 5.43 Å². The fourth-order valence-corrected chi connectivity index (χ4v) is 2.55. The maximum Gasteiger partial charge on any atom is 0.416 e. The molecule has 3 aromatic rings. The zero-order chi connectivity index (χ0) is 21.0. The molecular formula is C19H13F3N4O3. The zero-order valence-corrected chi connectivity index (χ0v) is 14.6. The number of rotatable bonds is 5. The number of amides is 1. The van der Waals surface area contributed by atoms with Crippen LogP contribution in [0.1, 0.15) is 21.6 Å². The van der Waals surface area contributed by atoms with Gasteiger partial charge in [-0.3, -0.25) is 14.9 Å². The van der Waals surface area contributed by atoms with Gasteiger partial charge in [-0.05, 0) is 36.4 Å². The monoisotopic (exact) mass is 402 g/mol. The molecule has 0 unspecified atom stereocenters. The molecule has 0 atom stereocenters. The van der Waals surface area contributed by atoms with Crippen molar-refractivity contribution in [1.29, 1.82) is 0 Å². The molecule has 1 aromatic heterocycles. The molecule has 0 radical (unpaired) electrons. The number of hydrazone groups is 1. The van der Waals surface area contributed by atoms with Gasteiger partial charge >= 0.3 is 6.18 Å². The Morgan fingerprint density at radius 3 is 2.59 bits per heavy atom. The van der Waals surface area contributed by atoms with Gasteiger partial charge in [0.2, 0.25) is 0 Å². The molecule has 1 N–H and O–H groups in total. The Kier molecular flexibility index (Phi) is 5.44. The first kappa shape index (κ1) is 19.8. The van der Waals surface area contributed by atoms with Gasteiger partial charge in [0, 0.05) is 23.9 Å². The van der Waals surface area contributed by atoms with Crippen LogP contribution in [0.25, 0.3) is 5.69 Å². The van der Waals surface area contributed by atoms with E-state index in [-0.39, 0.29) is 11.3 Å². The summed E-state index contributed by atoms with van der Waals surface area (Å²) in [6.07, 6.45) is -1.63. The van der Waals surface area contributed by atoms with Crippen LogP contribution in [0, 0.1) is 10.1 Å². The number of carbonyl (C=O) groups excluding carboxylic acids is 1. The third-order valence-corrected chi connectivity index (χ3v) is 3.91. The molecule has 0 saturated heterocycles. The van der Waals surface area contributed by atoms with Crippen LogP contribution in [0.3, 0.4) is 0 Å². The Labute approximate surface area is 162 Å². The Morgan fingerprint density at radius 2 is 1.86 bits per heavy atom. The van der Waals surface area contributed by atoms with E-state index < -0.39 is 22.6 Å². The molecule has 0 fully saturated rings. The van der Waals surface area contributed by atoms with Gasteiger partial charge in [0.25, 0.3) is 11.6 Å². The molecule has 10 heteroatoms. The summed E-state index contributed by atoms with van der Waals surface area (Å²) in [4.78, 5) is 22.5. The van der Waals surface area contributed by atoms with Gasteiger partial charge < -0.3 is 4.57 Å². The molecule has 0 aliphatic rings. The second-order valence-electron chi connectivity index (χ2n) is 5.86. The first-order valence-electron chi connectivity index (χ1n) is 8.18. The molecule has 0 aliphatic carbocycles. The van der Waals surface area contributed by atoms with E-state index >= 15 is 0 Å². The Bertz CT molecular complexity index is 1090. The Morgan fingerprint density at radius 1 is 1.10 bits per heavy atom. The van der Waals surface area contributed by atoms with Gasteiger partial charge in [0.1, 0.15) is 0 Å². The number of non-ortho nitro benzene ring substituents is 1. The van der Waals surface area contributed by atoms with Crippen molar-refractivity contribution in [2.45, 2.75) is 6.18 Å². The molecule has 0 saturated carbocycles. The summed E-state index contributed by atoms with van der Waals surface area (Å²) in [7, 11) is 0. The minimum atomic E-state index is -4.56. The maximum atomic E-state index is 12.7. The zero-order valence-electron chi connectivity index (χ0n) is 14.6. The second-order valence-corrected chi connectivity index (χ2v) is 5.86. The Balaban J connectivity index is 1.76. The lowest BCUT2D eigenvalue weighted by Crippen LogP contribution is -2.18. The maximum absolute atomic E-state index is 12.7. The molecule has 3 rings (SSSR count). The number of carbonyl (C=O) groups is 1. The number of nitro benzene ring substituents is 1. The molecule has 0 spiro atoms. The van der Waals surface area contributed by atoms with E-state index in [9.17, 15) is 28.1 Å². The topological polar surface area (TPSA) is 89.5 Å². The summed E-state index contributed by atoms with van der Waals surface area (Å²) >= 11 is 0. The van der Waals surface area contributed by atoms with E-state index in [1.807, 2.05) is 0 Å². The van der Waals surface area contributed by atoms with E-state index in [1.54, 1.807) is 29.0 Å². The molecule has 1 heterocycles.